The molecule has 0 saturated carbocycles. The van der Waals surface area contributed by atoms with Gasteiger partial charge in [-0.05, 0) is 55.1 Å². The predicted octanol–water partition coefficient (Wildman–Crippen LogP) is 5.99. The number of carbonyl (C=O) groups is 1. The Hall–Kier alpha value is -3.28. The molecular weight excluding hydrogens is 434 g/mol. The van der Waals surface area contributed by atoms with E-state index in [4.69, 9.17) is 16.3 Å². The topological polar surface area (TPSA) is 53.6 Å². The Balaban J connectivity index is 1.60. The Kier molecular flexibility index (Phi) is 7.33. The van der Waals surface area contributed by atoms with Gasteiger partial charge in [0.2, 0.25) is 0 Å². The standard InChI is InChI=1S/C27H28ClN3O2/c1-3-31(4-2)16-17-33-22-13-11-21(12-14-22)29-26(19-8-6-5-7-9-19)25-23-15-10-20(28)18-24(23)30-27(25)32/h5-15,18,29H,3-4,16-17H2,1-2H3,(H,30,32). The van der Waals surface area contributed by atoms with Crippen LogP contribution in [0.15, 0.2) is 72.8 Å². The second-order valence-electron chi connectivity index (χ2n) is 7.78. The Morgan fingerprint density at radius 2 is 1.73 bits per heavy atom. The fourth-order valence-electron chi connectivity index (χ4n) is 3.89. The van der Waals surface area contributed by atoms with Gasteiger partial charge in [0, 0.05) is 22.8 Å². The third kappa shape index (κ3) is 5.38. The van der Waals surface area contributed by atoms with Gasteiger partial charge >= 0.3 is 0 Å². The molecule has 1 heterocycles. The smallest absolute Gasteiger partial charge is 0.258 e. The summed E-state index contributed by atoms with van der Waals surface area (Å²) in [6.07, 6.45) is 0. The highest BCUT2D eigenvalue weighted by Gasteiger charge is 2.28. The predicted molar refractivity (Wildman–Crippen MR) is 137 cm³/mol. The number of benzene rings is 3. The SMILES string of the molecule is CCN(CC)CCOc1ccc(NC(=C2C(=O)Nc3cc(Cl)ccc32)c2ccccc2)cc1. The summed E-state index contributed by atoms with van der Waals surface area (Å²) in [5.74, 6) is 0.662. The molecule has 4 rings (SSSR count). The number of rotatable bonds is 9. The van der Waals surface area contributed by atoms with Crippen LogP contribution in [0, 0.1) is 0 Å². The minimum Gasteiger partial charge on any atom is -0.492 e. The quantitative estimate of drug-likeness (QED) is 0.384. The summed E-state index contributed by atoms with van der Waals surface area (Å²) in [4.78, 5) is 15.3. The largest absolute Gasteiger partial charge is 0.492 e. The summed E-state index contributed by atoms with van der Waals surface area (Å²) < 4.78 is 5.90. The van der Waals surface area contributed by atoms with Gasteiger partial charge in [-0.3, -0.25) is 4.79 Å². The number of likely N-dealkylation sites (N-methyl/N-ethyl adjacent to an activating group) is 1. The average molecular weight is 462 g/mol. The number of amides is 1. The highest BCUT2D eigenvalue weighted by molar-refractivity contribution is 6.38. The Bertz CT molecular complexity index is 1140. The van der Waals surface area contributed by atoms with E-state index in [9.17, 15) is 4.79 Å². The van der Waals surface area contributed by atoms with Crippen molar-refractivity contribution in [2.45, 2.75) is 13.8 Å². The van der Waals surface area contributed by atoms with E-state index in [0.717, 1.165) is 53.6 Å². The molecule has 1 amide bonds. The van der Waals surface area contributed by atoms with Crippen molar-refractivity contribution < 1.29 is 9.53 Å². The number of hydrogen-bond acceptors (Lipinski definition) is 4. The number of halogens is 1. The maximum Gasteiger partial charge on any atom is 0.258 e. The minimum atomic E-state index is -0.157. The zero-order valence-corrected chi connectivity index (χ0v) is 19.7. The molecule has 3 aromatic rings. The first-order valence-electron chi connectivity index (χ1n) is 11.2. The highest BCUT2D eigenvalue weighted by atomic mass is 35.5. The van der Waals surface area contributed by atoms with E-state index in [1.54, 1.807) is 12.1 Å². The first kappa shape index (κ1) is 22.9. The Labute approximate surface area is 200 Å². The molecule has 3 aromatic carbocycles. The van der Waals surface area contributed by atoms with Crippen LogP contribution in [-0.4, -0.2) is 37.0 Å². The van der Waals surface area contributed by atoms with Crippen molar-refractivity contribution in [2.75, 3.05) is 36.9 Å². The number of nitrogens with one attached hydrogen (secondary N) is 2. The molecule has 33 heavy (non-hydrogen) atoms. The molecule has 0 radical (unpaired) electrons. The Morgan fingerprint density at radius 1 is 1.00 bits per heavy atom. The molecule has 1 aliphatic heterocycles. The van der Waals surface area contributed by atoms with Gasteiger partial charge < -0.3 is 20.3 Å². The molecule has 1 aliphatic rings. The van der Waals surface area contributed by atoms with Gasteiger partial charge in [-0.2, -0.15) is 0 Å². The van der Waals surface area contributed by atoms with Crippen LogP contribution < -0.4 is 15.4 Å². The number of nitrogens with zero attached hydrogens (tertiary/aromatic N) is 1. The van der Waals surface area contributed by atoms with Gasteiger partial charge in [-0.1, -0.05) is 61.8 Å². The van der Waals surface area contributed by atoms with Crippen molar-refractivity contribution in [3.8, 4) is 5.75 Å². The molecule has 0 bridgehead atoms. The molecule has 2 N–H and O–H groups in total. The van der Waals surface area contributed by atoms with Gasteiger partial charge in [-0.25, -0.2) is 0 Å². The van der Waals surface area contributed by atoms with E-state index in [-0.39, 0.29) is 5.91 Å². The van der Waals surface area contributed by atoms with E-state index < -0.39 is 0 Å². The second-order valence-corrected chi connectivity index (χ2v) is 8.22. The molecule has 170 valence electrons. The fraction of sp³-hybridized carbons (Fsp3) is 0.222. The van der Waals surface area contributed by atoms with Crippen molar-refractivity contribution in [1.29, 1.82) is 0 Å². The van der Waals surface area contributed by atoms with Gasteiger partial charge in [0.1, 0.15) is 12.4 Å². The van der Waals surface area contributed by atoms with Crippen molar-refractivity contribution in [3.63, 3.8) is 0 Å². The van der Waals surface area contributed by atoms with E-state index in [2.05, 4.69) is 29.4 Å². The molecule has 0 fully saturated rings. The third-order valence-corrected chi connectivity index (χ3v) is 5.97. The maximum atomic E-state index is 12.9. The lowest BCUT2D eigenvalue weighted by Gasteiger charge is -2.18. The van der Waals surface area contributed by atoms with E-state index in [0.29, 0.717) is 17.2 Å². The van der Waals surface area contributed by atoms with Gasteiger partial charge in [0.25, 0.3) is 5.91 Å². The van der Waals surface area contributed by atoms with Crippen molar-refractivity contribution >= 4 is 40.2 Å². The van der Waals surface area contributed by atoms with Crippen LogP contribution in [0.2, 0.25) is 5.02 Å². The van der Waals surface area contributed by atoms with Crippen LogP contribution in [0.5, 0.6) is 5.75 Å². The summed E-state index contributed by atoms with van der Waals surface area (Å²) in [5, 5.41) is 6.98. The lowest BCUT2D eigenvalue weighted by atomic mass is 10.00. The first-order chi connectivity index (χ1) is 16.1. The molecule has 0 aliphatic carbocycles. The second kappa shape index (κ2) is 10.6. The first-order valence-corrected chi connectivity index (χ1v) is 11.6. The Morgan fingerprint density at radius 3 is 2.42 bits per heavy atom. The number of hydrogen-bond donors (Lipinski definition) is 2. The molecule has 0 spiro atoms. The molecule has 0 atom stereocenters. The van der Waals surface area contributed by atoms with Crippen molar-refractivity contribution in [3.05, 3.63) is 88.9 Å². The third-order valence-electron chi connectivity index (χ3n) is 5.73. The van der Waals surface area contributed by atoms with Crippen LogP contribution in [0.3, 0.4) is 0 Å². The van der Waals surface area contributed by atoms with Crippen LogP contribution >= 0.6 is 11.6 Å². The highest BCUT2D eigenvalue weighted by Crippen LogP contribution is 2.38. The lowest BCUT2D eigenvalue weighted by molar-refractivity contribution is -0.110. The van der Waals surface area contributed by atoms with Gasteiger partial charge in [0.05, 0.1) is 17.0 Å². The number of anilines is 2. The molecular formula is C27H28ClN3O2. The average Bonchev–Trinajstić information content (AvgIpc) is 3.16. The lowest BCUT2D eigenvalue weighted by Crippen LogP contribution is -2.27. The van der Waals surface area contributed by atoms with Gasteiger partial charge in [0.15, 0.2) is 0 Å². The van der Waals surface area contributed by atoms with Crippen LogP contribution in [0.1, 0.15) is 25.0 Å². The molecule has 0 aromatic heterocycles. The monoisotopic (exact) mass is 461 g/mol. The number of ether oxygens (including phenoxy) is 1. The molecule has 0 unspecified atom stereocenters. The summed E-state index contributed by atoms with van der Waals surface area (Å²) in [6, 6.07) is 23.1. The fourth-order valence-corrected chi connectivity index (χ4v) is 4.06. The summed E-state index contributed by atoms with van der Waals surface area (Å²) >= 11 is 6.13. The normalized spacial score (nSPS) is 14.1. The molecule has 0 saturated heterocycles. The van der Waals surface area contributed by atoms with Crippen LogP contribution in [-0.2, 0) is 4.79 Å². The van der Waals surface area contributed by atoms with Crippen LogP contribution in [0.4, 0.5) is 11.4 Å². The molecule has 5 nitrogen and oxygen atoms in total. The zero-order chi connectivity index (χ0) is 23.2. The van der Waals surface area contributed by atoms with E-state index in [1.165, 1.54) is 0 Å². The summed E-state index contributed by atoms with van der Waals surface area (Å²) in [5.41, 5.74) is 4.66. The minimum absolute atomic E-state index is 0.157. The zero-order valence-electron chi connectivity index (χ0n) is 18.9. The summed E-state index contributed by atoms with van der Waals surface area (Å²) in [6.45, 7) is 7.88. The summed E-state index contributed by atoms with van der Waals surface area (Å²) in [7, 11) is 0. The maximum absolute atomic E-state index is 12.9. The van der Waals surface area contributed by atoms with Crippen LogP contribution in [0.25, 0.3) is 11.3 Å². The molecule has 6 heteroatoms. The van der Waals surface area contributed by atoms with E-state index in [1.807, 2.05) is 60.7 Å². The number of fused-ring (bicyclic) bond motifs is 1. The van der Waals surface area contributed by atoms with Gasteiger partial charge in [-0.15, -0.1) is 0 Å². The van der Waals surface area contributed by atoms with E-state index >= 15 is 0 Å². The van der Waals surface area contributed by atoms with Crippen molar-refractivity contribution in [1.82, 2.24) is 4.90 Å². The van der Waals surface area contributed by atoms with Crippen molar-refractivity contribution in [2.24, 2.45) is 0 Å². The number of carbonyl (C=O) groups excluding carboxylic acids is 1.